The number of aromatic nitrogens is 2. The van der Waals surface area contributed by atoms with Crippen molar-refractivity contribution in [3.8, 4) is 11.5 Å². The lowest BCUT2D eigenvalue weighted by molar-refractivity contribution is -0.113. The van der Waals surface area contributed by atoms with Gasteiger partial charge in [0.05, 0.1) is 5.75 Å². The molecule has 1 aliphatic heterocycles. The number of ether oxygens (including phenoxy) is 2. The second-order valence-corrected chi connectivity index (χ2v) is 8.00. The molecule has 2 heterocycles. The minimum absolute atomic E-state index is 0.133. The van der Waals surface area contributed by atoms with Crippen LogP contribution in [0, 0.1) is 6.92 Å². The first kappa shape index (κ1) is 20.3. The van der Waals surface area contributed by atoms with Crippen LogP contribution >= 0.6 is 23.4 Å². The van der Waals surface area contributed by atoms with E-state index in [9.17, 15) is 4.79 Å². The second-order valence-electron chi connectivity index (χ2n) is 6.60. The predicted molar refractivity (Wildman–Crippen MR) is 117 cm³/mol. The van der Waals surface area contributed by atoms with Gasteiger partial charge in [0.15, 0.2) is 11.5 Å². The fourth-order valence-electron chi connectivity index (χ4n) is 2.74. The number of thioether (sulfide) groups is 1. The normalized spacial score (nSPS) is 11.9. The zero-order chi connectivity index (χ0) is 20.9. The van der Waals surface area contributed by atoms with Gasteiger partial charge in [-0.05, 0) is 54.4 Å². The molecule has 0 saturated carbocycles. The van der Waals surface area contributed by atoms with Crippen LogP contribution in [0.3, 0.4) is 0 Å². The Kier molecular flexibility index (Phi) is 6.25. The van der Waals surface area contributed by atoms with E-state index in [1.54, 1.807) is 6.07 Å². The third-order valence-electron chi connectivity index (χ3n) is 4.36. The molecule has 2 aromatic carbocycles. The van der Waals surface area contributed by atoms with Crippen LogP contribution in [0.1, 0.15) is 11.1 Å². The summed E-state index contributed by atoms with van der Waals surface area (Å²) in [6, 6.07) is 14.9. The minimum Gasteiger partial charge on any atom is -0.454 e. The largest absolute Gasteiger partial charge is 0.454 e. The number of rotatable bonds is 7. The number of benzene rings is 2. The summed E-state index contributed by atoms with van der Waals surface area (Å²) in [4.78, 5) is 12.1. The molecule has 7 nitrogen and oxygen atoms in total. The van der Waals surface area contributed by atoms with Gasteiger partial charge in [-0.3, -0.25) is 4.79 Å². The summed E-state index contributed by atoms with van der Waals surface area (Å²) >= 11 is 7.40. The standard InChI is InChI=1S/C21H19ClN4O3S/c1-13-2-4-15(9-16(13)22)24-20(27)11-30-21-7-6-19(25-26-21)23-10-14-3-5-17-18(8-14)29-12-28-17/h2-9H,10-12H2,1H3,(H,23,25)(H,24,27). The topological polar surface area (TPSA) is 85.4 Å². The van der Waals surface area contributed by atoms with Gasteiger partial charge in [0.25, 0.3) is 0 Å². The fraction of sp³-hybridized carbons (Fsp3) is 0.190. The second kappa shape index (κ2) is 9.23. The number of halogens is 1. The Labute approximate surface area is 183 Å². The van der Waals surface area contributed by atoms with Crippen LogP contribution < -0.4 is 20.1 Å². The van der Waals surface area contributed by atoms with Crippen molar-refractivity contribution in [1.29, 1.82) is 0 Å². The molecule has 0 spiro atoms. The molecule has 0 aliphatic carbocycles. The number of aryl methyl sites for hydroxylation is 1. The summed E-state index contributed by atoms with van der Waals surface area (Å²) in [5.41, 5.74) is 2.68. The SMILES string of the molecule is Cc1ccc(NC(=O)CSc2ccc(NCc3ccc4c(c3)OCO4)nn2)cc1Cl. The van der Waals surface area contributed by atoms with Gasteiger partial charge < -0.3 is 20.1 Å². The molecule has 30 heavy (non-hydrogen) atoms. The van der Waals surface area contributed by atoms with Crippen LogP contribution in [0.15, 0.2) is 53.6 Å². The van der Waals surface area contributed by atoms with E-state index >= 15 is 0 Å². The van der Waals surface area contributed by atoms with E-state index in [1.165, 1.54) is 11.8 Å². The summed E-state index contributed by atoms with van der Waals surface area (Å²) in [7, 11) is 0. The van der Waals surface area contributed by atoms with Crippen LogP contribution in [0.5, 0.6) is 11.5 Å². The molecule has 0 saturated heterocycles. The maximum atomic E-state index is 12.1. The molecule has 9 heteroatoms. The van der Waals surface area contributed by atoms with Crippen LogP contribution in [-0.4, -0.2) is 28.7 Å². The highest BCUT2D eigenvalue weighted by Crippen LogP contribution is 2.32. The number of fused-ring (bicyclic) bond motifs is 1. The van der Waals surface area contributed by atoms with Gasteiger partial charge in [-0.2, -0.15) is 0 Å². The van der Waals surface area contributed by atoms with Gasteiger partial charge >= 0.3 is 0 Å². The van der Waals surface area contributed by atoms with Gasteiger partial charge in [0.2, 0.25) is 12.7 Å². The molecule has 0 radical (unpaired) electrons. The molecule has 0 fully saturated rings. The fourth-order valence-corrected chi connectivity index (χ4v) is 3.54. The monoisotopic (exact) mass is 442 g/mol. The number of carbonyl (C=O) groups is 1. The molecule has 4 rings (SSSR count). The van der Waals surface area contributed by atoms with Crippen molar-refractivity contribution in [2.24, 2.45) is 0 Å². The highest BCUT2D eigenvalue weighted by atomic mass is 35.5. The number of carbonyl (C=O) groups excluding carboxylic acids is 1. The van der Waals surface area contributed by atoms with Crippen molar-refractivity contribution in [3.05, 3.63) is 64.7 Å². The van der Waals surface area contributed by atoms with Gasteiger partial charge in [0.1, 0.15) is 10.8 Å². The molecule has 1 aromatic heterocycles. The van der Waals surface area contributed by atoms with Gasteiger partial charge in [-0.25, -0.2) is 0 Å². The Balaban J connectivity index is 1.25. The lowest BCUT2D eigenvalue weighted by Gasteiger charge is -2.08. The number of nitrogens with one attached hydrogen (secondary N) is 2. The number of hydrogen-bond donors (Lipinski definition) is 2. The number of amides is 1. The summed E-state index contributed by atoms with van der Waals surface area (Å²) in [6.07, 6.45) is 0. The Morgan fingerprint density at radius 3 is 2.77 bits per heavy atom. The molecule has 0 atom stereocenters. The van der Waals surface area contributed by atoms with Crippen LogP contribution in [0.4, 0.5) is 11.5 Å². The summed E-state index contributed by atoms with van der Waals surface area (Å²) in [5.74, 6) is 2.25. The summed E-state index contributed by atoms with van der Waals surface area (Å²) in [5, 5.41) is 15.6. The first-order valence-electron chi connectivity index (χ1n) is 9.22. The van der Waals surface area contributed by atoms with Crippen molar-refractivity contribution in [2.45, 2.75) is 18.5 Å². The summed E-state index contributed by atoms with van der Waals surface area (Å²) in [6.45, 7) is 2.75. The van der Waals surface area contributed by atoms with Gasteiger partial charge in [-0.15, -0.1) is 10.2 Å². The van der Waals surface area contributed by atoms with Crippen molar-refractivity contribution in [3.63, 3.8) is 0 Å². The van der Waals surface area contributed by atoms with Gasteiger partial charge in [-0.1, -0.05) is 35.5 Å². The van der Waals surface area contributed by atoms with Crippen molar-refractivity contribution >= 4 is 40.8 Å². The minimum atomic E-state index is -0.133. The van der Waals surface area contributed by atoms with E-state index in [2.05, 4.69) is 20.8 Å². The van der Waals surface area contributed by atoms with Crippen molar-refractivity contribution in [1.82, 2.24) is 10.2 Å². The number of nitrogens with zero attached hydrogens (tertiary/aromatic N) is 2. The third kappa shape index (κ3) is 5.14. The smallest absolute Gasteiger partial charge is 0.234 e. The van der Waals surface area contributed by atoms with Crippen molar-refractivity contribution in [2.75, 3.05) is 23.2 Å². The molecule has 0 unspecified atom stereocenters. The first-order valence-corrected chi connectivity index (χ1v) is 10.6. The molecule has 3 aromatic rings. The third-order valence-corrected chi connectivity index (χ3v) is 5.68. The Morgan fingerprint density at radius 1 is 1.10 bits per heavy atom. The lowest BCUT2D eigenvalue weighted by Crippen LogP contribution is -2.14. The van der Waals surface area contributed by atoms with E-state index < -0.39 is 0 Å². The lowest BCUT2D eigenvalue weighted by atomic mass is 10.2. The van der Waals surface area contributed by atoms with E-state index in [0.29, 0.717) is 28.1 Å². The zero-order valence-corrected chi connectivity index (χ0v) is 17.7. The van der Waals surface area contributed by atoms with Crippen LogP contribution in [0.2, 0.25) is 5.02 Å². The maximum Gasteiger partial charge on any atom is 0.234 e. The van der Waals surface area contributed by atoms with Crippen molar-refractivity contribution < 1.29 is 14.3 Å². The van der Waals surface area contributed by atoms with Gasteiger partial charge in [0, 0.05) is 17.3 Å². The highest BCUT2D eigenvalue weighted by Gasteiger charge is 2.13. The molecular weight excluding hydrogens is 424 g/mol. The van der Waals surface area contributed by atoms with E-state index in [0.717, 1.165) is 22.6 Å². The Morgan fingerprint density at radius 2 is 1.97 bits per heavy atom. The maximum absolute atomic E-state index is 12.1. The van der Waals surface area contributed by atoms with E-state index in [1.807, 2.05) is 49.4 Å². The Bertz CT molecular complexity index is 1060. The number of hydrogen-bond acceptors (Lipinski definition) is 7. The highest BCUT2D eigenvalue weighted by molar-refractivity contribution is 7.99. The quantitative estimate of drug-likeness (QED) is 0.520. The summed E-state index contributed by atoms with van der Waals surface area (Å²) < 4.78 is 10.7. The van der Waals surface area contributed by atoms with E-state index in [4.69, 9.17) is 21.1 Å². The number of anilines is 2. The van der Waals surface area contributed by atoms with Crippen LogP contribution in [-0.2, 0) is 11.3 Å². The predicted octanol–water partition coefficient (Wildman–Crippen LogP) is 4.51. The molecule has 1 amide bonds. The van der Waals surface area contributed by atoms with E-state index in [-0.39, 0.29) is 18.5 Å². The van der Waals surface area contributed by atoms with Crippen LogP contribution in [0.25, 0.3) is 0 Å². The molecule has 1 aliphatic rings. The molecule has 0 bridgehead atoms. The molecule has 2 N–H and O–H groups in total. The first-order chi connectivity index (χ1) is 14.6. The molecule has 154 valence electrons. The average molecular weight is 443 g/mol. The average Bonchev–Trinajstić information content (AvgIpc) is 3.22. The Hall–Kier alpha value is -2.97. The molecular formula is C21H19ClN4O3S. The zero-order valence-electron chi connectivity index (χ0n) is 16.1.